The minimum atomic E-state index is -0.494. The Bertz CT molecular complexity index is 431. The minimum absolute atomic E-state index is 0.0427. The van der Waals surface area contributed by atoms with Crippen molar-refractivity contribution in [1.29, 1.82) is 0 Å². The van der Waals surface area contributed by atoms with Gasteiger partial charge in [0.05, 0.1) is 6.10 Å². The van der Waals surface area contributed by atoms with Crippen molar-refractivity contribution in [1.82, 2.24) is 0 Å². The van der Waals surface area contributed by atoms with Gasteiger partial charge in [-0.2, -0.15) is 0 Å². The molecule has 3 heteroatoms. The summed E-state index contributed by atoms with van der Waals surface area (Å²) >= 11 is 0. The maximum Gasteiger partial charge on any atom is 0.334 e. The Morgan fingerprint density at radius 3 is 2.89 bits per heavy atom. The maximum absolute atomic E-state index is 11.6. The number of hydrogen-bond donors (Lipinski definition) is 1. The fraction of sp³-hybridized carbons (Fsp3) is 0.533. The second kappa shape index (κ2) is 5.11. The SMILES string of the molecule is C=C1C(=O)O[C@@H]2/C=C(/C)[C@@H](O)C/C=C(/C)CC[C@H]12. The third-order valence-corrected chi connectivity index (χ3v) is 3.84. The second-order valence-electron chi connectivity index (χ2n) is 5.25. The molecule has 1 aliphatic heterocycles. The molecule has 1 aliphatic carbocycles. The Labute approximate surface area is 108 Å². The molecule has 1 saturated heterocycles. The van der Waals surface area contributed by atoms with Crippen LogP contribution in [0.2, 0.25) is 0 Å². The van der Waals surface area contributed by atoms with Gasteiger partial charge in [-0.15, -0.1) is 0 Å². The number of fused-ring (bicyclic) bond motifs is 1. The van der Waals surface area contributed by atoms with Crippen LogP contribution in [0.5, 0.6) is 0 Å². The van der Waals surface area contributed by atoms with Gasteiger partial charge in [0.15, 0.2) is 0 Å². The molecule has 1 fully saturated rings. The number of ether oxygens (including phenoxy) is 1. The molecule has 0 radical (unpaired) electrons. The summed E-state index contributed by atoms with van der Waals surface area (Å²) in [4.78, 5) is 11.6. The molecule has 18 heavy (non-hydrogen) atoms. The lowest BCUT2D eigenvalue weighted by molar-refractivity contribution is -0.137. The van der Waals surface area contributed by atoms with Crippen molar-refractivity contribution in [3.05, 3.63) is 35.5 Å². The Morgan fingerprint density at radius 2 is 2.17 bits per heavy atom. The van der Waals surface area contributed by atoms with E-state index in [2.05, 4.69) is 19.6 Å². The van der Waals surface area contributed by atoms with E-state index >= 15 is 0 Å². The molecule has 3 nitrogen and oxygen atoms in total. The van der Waals surface area contributed by atoms with E-state index in [9.17, 15) is 9.90 Å². The van der Waals surface area contributed by atoms with Crippen molar-refractivity contribution >= 4 is 5.97 Å². The largest absolute Gasteiger partial charge is 0.454 e. The van der Waals surface area contributed by atoms with Crippen molar-refractivity contribution in [2.45, 2.75) is 45.3 Å². The van der Waals surface area contributed by atoms with E-state index in [1.807, 2.05) is 13.0 Å². The third kappa shape index (κ3) is 2.56. The zero-order valence-corrected chi connectivity index (χ0v) is 11.0. The Morgan fingerprint density at radius 1 is 1.44 bits per heavy atom. The summed E-state index contributed by atoms with van der Waals surface area (Å²) in [6, 6.07) is 0. The highest BCUT2D eigenvalue weighted by Crippen LogP contribution is 2.34. The summed E-state index contributed by atoms with van der Waals surface area (Å²) in [5, 5.41) is 9.99. The van der Waals surface area contributed by atoms with Gasteiger partial charge in [-0.25, -0.2) is 4.79 Å². The first kappa shape index (κ1) is 13.1. The highest BCUT2D eigenvalue weighted by molar-refractivity contribution is 5.91. The fourth-order valence-corrected chi connectivity index (χ4v) is 2.47. The van der Waals surface area contributed by atoms with Gasteiger partial charge in [0, 0.05) is 11.5 Å². The standard InChI is InChI=1S/C15H20O3/c1-9-4-6-12-11(3)15(17)18-14(12)8-10(2)13(16)7-5-9/h5,8,12-14,16H,3-4,6-7H2,1-2H3/b9-5-,10-8-/t12-,13+,14-/m1/s1. The van der Waals surface area contributed by atoms with Gasteiger partial charge >= 0.3 is 5.97 Å². The van der Waals surface area contributed by atoms with Crippen LogP contribution in [-0.2, 0) is 9.53 Å². The van der Waals surface area contributed by atoms with Crippen LogP contribution in [0, 0.1) is 5.92 Å². The van der Waals surface area contributed by atoms with Crippen LogP contribution < -0.4 is 0 Å². The monoisotopic (exact) mass is 248 g/mol. The smallest absolute Gasteiger partial charge is 0.334 e. The highest BCUT2D eigenvalue weighted by atomic mass is 16.5. The molecular weight excluding hydrogens is 228 g/mol. The van der Waals surface area contributed by atoms with Crippen LogP contribution in [-0.4, -0.2) is 23.3 Å². The summed E-state index contributed by atoms with van der Waals surface area (Å²) < 4.78 is 5.32. The van der Waals surface area contributed by atoms with Crippen molar-refractivity contribution in [2.75, 3.05) is 0 Å². The molecule has 2 rings (SSSR count). The van der Waals surface area contributed by atoms with Crippen LogP contribution in [0.1, 0.15) is 33.1 Å². The molecule has 1 N–H and O–H groups in total. The Balaban J connectivity index is 2.29. The second-order valence-corrected chi connectivity index (χ2v) is 5.25. The first-order valence-electron chi connectivity index (χ1n) is 6.41. The van der Waals surface area contributed by atoms with E-state index in [0.717, 1.165) is 18.4 Å². The third-order valence-electron chi connectivity index (χ3n) is 3.84. The van der Waals surface area contributed by atoms with E-state index in [-0.39, 0.29) is 18.0 Å². The predicted molar refractivity (Wildman–Crippen MR) is 69.9 cm³/mol. The number of hydrogen-bond acceptors (Lipinski definition) is 3. The normalized spacial score (nSPS) is 39.2. The van der Waals surface area contributed by atoms with Crippen molar-refractivity contribution in [3.8, 4) is 0 Å². The first-order chi connectivity index (χ1) is 8.49. The number of rotatable bonds is 0. The summed E-state index contributed by atoms with van der Waals surface area (Å²) in [5.41, 5.74) is 2.67. The average Bonchev–Trinajstić information content (AvgIpc) is 2.59. The summed E-state index contributed by atoms with van der Waals surface area (Å²) in [6.07, 6.45) is 5.61. The molecule has 3 atom stereocenters. The zero-order chi connectivity index (χ0) is 13.3. The molecule has 0 bridgehead atoms. The van der Waals surface area contributed by atoms with Gasteiger partial charge in [0.1, 0.15) is 6.10 Å². The quantitative estimate of drug-likeness (QED) is 0.407. The van der Waals surface area contributed by atoms with Gasteiger partial charge < -0.3 is 9.84 Å². The number of allylic oxidation sites excluding steroid dienone is 1. The molecule has 0 unspecified atom stereocenters. The number of carbonyl (C=O) groups is 1. The molecule has 0 spiro atoms. The highest BCUT2D eigenvalue weighted by Gasteiger charge is 2.37. The number of aliphatic hydroxyl groups is 1. The van der Waals surface area contributed by atoms with Crippen molar-refractivity contribution < 1.29 is 14.6 Å². The van der Waals surface area contributed by atoms with Gasteiger partial charge in [-0.3, -0.25) is 0 Å². The van der Waals surface area contributed by atoms with E-state index in [4.69, 9.17) is 4.74 Å². The van der Waals surface area contributed by atoms with Gasteiger partial charge in [-0.1, -0.05) is 18.2 Å². The van der Waals surface area contributed by atoms with Crippen LogP contribution >= 0.6 is 0 Å². The molecule has 0 saturated carbocycles. The first-order valence-corrected chi connectivity index (χ1v) is 6.41. The number of aliphatic hydroxyl groups excluding tert-OH is 1. The lowest BCUT2D eigenvalue weighted by Crippen LogP contribution is -2.18. The van der Waals surface area contributed by atoms with E-state index in [1.165, 1.54) is 5.57 Å². The maximum atomic E-state index is 11.6. The van der Waals surface area contributed by atoms with Crippen LogP contribution in [0.4, 0.5) is 0 Å². The lowest BCUT2D eigenvalue weighted by atomic mass is 9.88. The molecule has 0 amide bonds. The van der Waals surface area contributed by atoms with E-state index < -0.39 is 6.10 Å². The minimum Gasteiger partial charge on any atom is -0.454 e. The average molecular weight is 248 g/mol. The van der Waals surface area contributed by atoms with Crippen molar-refractivity contribution in [3.63, 3.8) is 0 Å². The fourth-order valence-electron chi connectivity index (χ4n) is 2.47. The topological polar surface area (TPSA) is 46.5 Å². The molecule has 1 heterocycles. The van der Waals surface area contributed by atoms with Crippen LogP contribution in [0.15, 0.2) is 35.5 Å². The zero-order valence-electron chi connectivity index (χ0n) is 11.0. The summed E-state index contributed by atoms with van der Waals surface area (Å²) in [5.74, 6) is -0.259. The van der Waals surface area contributed by atoms with Gasteiger partial charge in [0.2, 0.25) is 0 Å². The van der Waals surface area contributed by atoms with Crippen LogP contribution in [0.25, 0.3) is 0 Å². The summed E-state index contributed by atoms with van der Waals surface area (Å²) in [7, 11) is 0. The Hall–Kier alpha value is -1.35. The molecule has 0 aromatic carbocycles. The lowest BCUT2D eigenvalue weighted by Gasteiger charge is -2.19. The molecule has 0 aromatic heterocycles. The van der Waals surface area contributed by atoms with E-state index in [1.54, 1.807) is 0 Å². The van der Waals surface area contributed by atoms with Crippen molar-refractivity contribution in [2.24, 2.45) is 5.92 Å². The number of carbonyl (C=O) groups excluding carboxylic acids is 1. The van der Waals surface area contributed by atoms with E-state index in [0.29, 0.717) is 12.0 Å². The van der Waals surface area contributed by atoms with Gasteiger partial charge in [-0.05, 0) is 44.8 Å². The summed E-state index contributed by atoms with van der Waals surface area (Å²) in [6.45, 7) is 7.76. The molecule has 2 aliphatic rings. The number of esters is 1. The molecular formula is C15H20O3. The molecule has 98 valence electrons. The van der Waals surface area contributed by atoms with Gasteiger partial charge in [0.25, 0.3) is 0 Å². The van der Waals surface area contributed by atoms with Crippen LogP contribution in [0.3, 0.4) is 0 Å². The molecule has 0 aromatic rings. The predicted octanol–water partition coefficient (Wildman–Crippen LogP) is 2.52. The Kier molecular flexibility index (Phi) is 3.71.